The van der Waals surface area contributed by atoms with Crippen LogP contribution in [0.2, 0.25) is 0 Å². The van der Waals surface area contributed by atoms with Gasteiger partial charge in [-0.15, -0.1) is 0 Å². The first-order chi connectivity index (χ1) is 9.65. The standard InChI is InChI=1S/C17H18N2O/c1-12-9-14-10-15(18)7-8-16(14)19(17(12)20)11-13-5-3-2-4-6-13/h2-8,10,12H,9,11,18H2,1H3. The molecule has 1 aliphatic heterocycles. The lowest BCUT2D eigenvalue weighted by molar-refractivity contribution is -0.122. The fourth-order valence-electron chi connectivity index (χ4n) is 2.76. The van der Waals surface area contributed by atoms with Crippen LogP contribution < -0.4 is 10.6 Å². The molecule has 3 rings (SSSR count). The lowest BCUT2D eigenvalue weighted by Crippen LogP contribution is -2.39. The third-order valence-electron chi connectivity index (χ3n) is 3.79. The van der Waals surface area contributed by atoms with E-state index in [2.05, 4.69) is 0 Å². The highest BCUT2D eigenvalue weighted by atomic mass is 16.2. The molecule has 0 fully saturated rings. The van der Waals surface area contributed by atoms with Crippen LogP contribution in [-0.4, -0.2) is 5.91 Å². The summed E-state index contributed by atoms with van der Waals surface area (Å²) >= 11 is 0. The van der Waals surface area contributed by atoms with Gasteiger partial charge in [0.1, 0.15) is 0 Å². The van der Waals surface area contributed by atoms with Crippen molar-refractivity contribution < 1.29 is 4.79 Å². The van der Waals surface area contributed by atoms with Crippen molar-refractivity contribution in [1.82, 2.24) is 0 Å². The monoisotopic (exact) mass is 266 g/mol. The van der Waals surface area contributed by atoms with Gasteiger partial charge in [-0.05, 0) is 35.7 Å². The number of benzene rings is 2. The number of hydrogen-bond acceptors (Lipinski definition) is 2. The predicted octanol–water partition coefficient (Wildman–Crippen LogP) is 2.99. The molecule has 3 heteroatoms. The zero-order valence-electron chi connectivity index (χ0n) is 11.5. The van der Waals surface area contributed by atoms with Gasteiger partial charge >= 0.3 is 0 Å². The van der Waals surface area contributed by atoms with Crippen LogP contribution in [0.15, 0.2) is 48.5 Å². The molecule has 2 aromatic rings. The molecule has 0 saturated carbocycles. The van der Waals surface area contributed by atoms with Gasteiger partial charge in [0, 0.05) is 17.3 Å². The van der Waals surface area contributed by atoms with Crippen LogP contribution in [-0.2, 0) is 17.8 Å². The molecule has 1 amide bonds. The quantitative estimate of drug-likeness (QED) is 0.849. The third-order valence-corrected chi connectivity index (χ3v) is 3.79. The summed E-state index contributed by atoms with van der Waals surface area (Å²) in [6.45, 7) is 2.59. The largest absolute Gasteiger partial charge is 0.399 e. The van der Waals surface area contributed by atoms with Crippen LogP contribution in [0.3, 0.4) is 0 Å². The molecule has 102 valence electrons. The van der Waals surface area contributed by atoms with Crippen molar-refractivity contribution in [2.24, 2.45) is 5.92 Å². The van der Waals surface area contributed by atoms with E-state index in [9.17, 15) is 4.79 Å². The SMILES string of the molecule is CC1Cc2cc(N)ccc2N(Cc2ccccc2)C1=O. The molecule has 0 radical (unpaired) electrons. The van der Waals surface area contributed by atoms with Gasteiger partial charge < -0.3 is 10.6 Å². The summed E-state index contributed by atoms with van der Waals surface area (Å²) in [6.07, 6.45) is 0.768. The third kappa shape index (κ3) is 2.27. The molecule has 0 aromatic heterocycles. The second kappa shape index (κ2) is 5.00. The molecule has 2 aromatic carbocycles. The smallest absolute Gasteiger partial charge is 0.230 e. The highest BCUT2D eigenvalue weighted by Crippen LogP contribution is 2.33. The van der Waals surface area contributed by atoms with Crippen LogP contribution in [0, 0.1) is 5.92 Å². The van der Waals surface area contributed by atoms with E-state index >= 15 is 0 Å². The lowest BCUT2D eigenvalue weighted by atomic mass is 9.92. The molecule has 1 unspecified atom stereocenters. The van der Waals surface area contributed by atoms with Crippen LogP contribution in [0.4, 0.5) is 11.4 Å². The van der Waals surface area contributed by atoms with E-state index in [0.29, 0.717) is 6.54 Å². The van der Waals surface area contributed by atoms with Gasteiger partial charge in [-0.2, -0.15) is 0 Å². The molecule has 0 bridgehead atoms. The van der Waals surface area contributed by atoms with Gasteiger partial charge in [-0.1, -0.05) is 37.3 Å². The van der Waals surface area contributed by atoms with Crippen LogP contribution in [0.1, 0.15) is 18.1 Å². The average molecular weight is 266 g/mol. The Labute approximate surface area is 119 Å². The normalized spacial score (nSPS) is 17.9. The van der Waals surface area contributed by atoms with Gasteiger partial charge in [-0.3, -0.25) is 4.79 Å². The Morgan fingerprint density at radius 2 is 1.95 bits per heavy atom. The van der Waals surface area contributed by atoms with E-state index in [1.807, 2.05) is 60.4 Å². The van der Waals surface area contributed by atoms with E-state index in [1.165, 1.54) is 0 Å². The summed E-state index contributed by atoms with van der Waals surface area (Å²) in [5.41, 5.74) is 9.90. The summed E-state index contributed by atoms with van der Waals surface area (Å²) in [4.78, 5) is 14.3. The van der Waals surface area contributed by atoms with Gasteiger partial charge in [0.05, 0.1) is 6.54 Å². The van der Waals surface area contributed by atoms with Crippen molar-refractivity contribution >= 4 is 17.3 Å². The van der Waals surface area contributed by atoms with E-state index in [4.69, 9.17) is 5.73 Å². The van der Waals surface area contributed by atoms with Crippen LogP contribution in [0.5, 0.6) is 0 Å². The Morgan fingerprint density at radius 3 is 2.70 bits per heavy atom. The maximum atomic E-state index is 12.5. The Hall–Kier alpha value is -2.29. The van der Waals surface area contributed by atoms with Crippen molar-refractivity contribution in [2.75, 3.05) is 10.6 Å². The molecular weight excluding hydrogens is 248 g/mol. The first-order valence-corrected chi connectivity index (χ1v) is 6.89. The summed E-state index contributed by atoms with van der Waals surface area (Å²) in [5, 5.41) is 0. The van der Waals surface area contributed by atoms with Gasteiger partial charge in [0.15, 0.2) is 0 Å². The number of carbonyl (C=O) groups is 1. The van der Waals surface area contributed by atoms with Crippen molar-refractivity contribution in [2.45, 2.75) is 19.9 Å². The molecule has 0 saturated heterocycles. The number of nitrogen functional groups attached to an aromatic ring is 1. The number of anilines is 2. The highest BCUT2D eigenvalue weighted by molar-refractivity contribution is 5.98. The molecule has 3 nitrogen and oxygen atoms in total. The predicted molar refractivity (Wildman–Crippen MR) is 81.4 cm³/mol. The van der Waals surface area contributed by atoms with Crippen molar-refractivity contribution in [1.29, 1.82) is 0 Å². The van der Waals surface area contributed by atoms with Gasteiger partial charge in [0.2, 0.25) is 5.91 Å². The van der Waals surface area contributed by atoms with Crippen molar-refractivity contribution in [3.8, 4) is 0 Å². The number of nitrogens with zero attached hydrogens (tertiary/aromatic N) is 1. The Bertz CT molecular complexity index is 637. The van der Waals surface area contributed by atoms with Crippen LogP contribution >= 0.6 is 0 Å². The maximum absolute atomic E-state index is 12.5. The van der Waals surface area contributed by atoms with E-state index < -0.39 is 0 Å². The number of carbonyl (C=O) groups excluding carboxylic acids is 1. The minimum absolute atomic E-state index is 0.00742. The van der Waals surface area contributed by atoms with E-state index in [-0.39, 0.29) is 11.8 Å². The topological polar surface area (TPSA) is 46.3 Å². The Balaban J connectivity index is 1.99. The van der Waals surface area contributed by atoms with Crippen molar-refractivity contribution in [3.05, 3.63) is 59.7 Å². The maximum Gasteiger partial charge on any atom is 0.230 e. The van der Waals surface area contributed by atoms with Crippen LogP contribution in [0.25, 0.3) is 0 Å². The molecule has 0 aliphatic carbocycles. The minimum Gasteiger partial charge on any atom is -0.399 e. The zero-order valence-corrected chi connectivity index (χ0v) is 11.5. The molecule has 1 atom stereocenters. The summed E-state index contributed by atoms with van der Waals surface area (Å²) in [5.74, 6) is 0.194. The number of nitrogens with two attached hydrogens (primary N) is 1. The number of rotatable bonds is 2. The molecular formula is C17H18N2O. The van der Waals surface area contributed by atoms with Gasteiger partial charge in [-0.25, -0.2) is 0 Å². The molecule has 1 heterocycles. The van der Waals surface area contributed by atoms with E-state index in [0.717, 1.165) is 28.9 Å². The number of fused-ring (bicyclic) bond motifs is 1. The zero-order chi connectivity index (χ0) is 14.1. The fourth-order valence-corrected chi connectivity index (χ4v) is 2.76. The lowest BCUT2D eigenvalue weighted by Gasteiger charge is -2.33. The second-order valence-electron chi connectivity index (χ2n) is 5.40. The minimum atomic E-state index is 0.00742. The average Bonchev–Trinajstić information content (AvgIpc) is 2.45. The summed E-state index contributed by atoms with van der Waals surface area (Å²) < 4.78 is 0. The first-order valence-electron chi connectivity index (χ1n) is 6.89. The molecule has 1 aliphatic rings. The first kappa shape index (κ1) is 12.7. The molecule has 20 heavy (non-hydrogen) atoms. The van der Waals surface area contributed by atoms with Crippen molar-refractivity contribution in [3.63, 3.8) is 0 Å². The molecule has 2 N–H and O–H groups in total. The summed E-state index contributed by atoms with van der Waals surface area (Å²) in [7, 11) is 0. The fraction of sp³-hybridized carbons (Fsp3) is 0.235. The Morgan fingerprint density at radius 1 is 1.20 bits per heavy atom. The highest BCUT2D eigenvalue weighted by Gasteiger charge is 2.29. The number of amides is 1. The number of hydrogen-bond donors (Lipinski definition) is 1. The van der Waals surface area contributed by atoms with Gasteiger partial charge in [0.25, 0.3) is 0 Å². The second-order valence-corrected chi connectivity index (χ2v) is 5.40. The molecule has 0 spiro atoms. The Kier molecular flexibility index (Phi) is 3.18. The summed E-state index contributed by atoms with van der Waals surface area (Å²) in [6, 6.07) is 15.9. The van der Waals surface area contributed by atoms with E-state index in [1.54, 1.807) is 0 Å².